The quantitative estimate of drug-likeness (QED) is 0.143. The molecular weight excluding hydrogens is 544 g/mol. The zero-order valence-electron chi connectivity index (χ0n) is 22.2. The lowest BCUT2D eigenvalue weighted by Gasteiger charge is -2.24. The van der Waals surface area contributed by atoms with Crippen molar-refractivity contribution in [1.29, 1.82) is 0 Å². The molecule has 0 bridgehead atoms. The summed E-state index contributed by atoms with van der Waals surface area (Å²) >= 11 is 0. The summed E-state index contributed by atoms with van der Waals surface area (Å²) in [5, 5.41) is 14.7. The molecular formula is C30H28N4O6S. The van der Waals surface area contributed by atoms with Crippen molar-refractivity contribution in [1.82, 2.24) is 5.43 Å². The molecule has 0 aliphatic rings. The van der Waals surface area contributed by atoms with Crippen molar-refractivity contribution in [2.24, 2.45) is 5.10 Å². The van der Waals surface area contributed by atoms with E-state index in [0.29, 0.717) is 17.0 Å². The Kier molecular flexibility index (Phi) is 9.43. The fraction of sp³-hybridized carbons (Fsp3) is 0.133. The maximum Gasteiger partial charge on any atom is 0.269 e. The van der Waals surface area contributed by atoms with Gasteiger partial charge in [0.15, 0.2) is 0 Å². The van der Waals surface area contributed by atoms with Crippen LogP contribution in [0.1, 0.15) is 23.6 Å². The minimum absolute atomic E-state index is 0.0145. The number of sulfonamides is 1. The van der Waals surface area contributed by atoms with Crippen LogP contribution in [0.2, 0.25) is 0 Å². The van der Waals surface area contributed by atoms with Gasteiger partial charge in [-0.05, 0) is 83.8 Å². The van der Waals surface area contributed by atoms with Gasteiger partial charge in [0.05, 0.1) is 21.7 Å². The van der Waals surface area contributed by atoms with Gasteiger partial charge in [-0.25, -0.2) is 13.8 Å². The fourth-order valence-corrected chi connectivity index (χ4v) is 5.25. The van der Waals surface area contributed by atoms with E-state index in [4.69, 9.17) is 4.74 Å². The SMILES string of the molecule is CCc1ccc(N(CC(=O)N/N=C\c2ccc(OCc3ccc([N+](=O)[O-])cc3)cc2)S(=O)(=O)c2ccccc2)cc1. The average molecular weight is 573 g/mol. The Labute approximate surface area is 238 Å². The molecule has 1 N–H and O–H groups in total. The van der Waals surface area contributed by atoms with Crippen LogP contribution < -0.4 is 14.5 Å². The number of nitrogens with zero attached hydrogens (tertiary/aromatic N) is 3. The van der Waals surface area contributed by atoms with Gasteiger partial charge in [0, 0.05) is 12.1 Å². The Morgan fingerprint density at radius 3 is 2.17 bits per heavy atom. The second-order valence-corrected chi connectivity index (χ2v) is 10.8. The van der Waals surface area contributed by atoms with Gasteiger partial charge in [-0.15, -0.1) is 0 Å². The lowest BCUT2D eigenvalue weighted by Crippen LogP contribution is -2.39. The molecule has 0 atom stereocenters. The summed E-state index contributed by atoms with van der Waals surface area (Å²) in [6.07, 6.45) is 2.23. The highest BCUT2D eigenvalue weighted by Gasteiger charge is 2.27. The third-order valence-corrected chi connectivity index (χ3v) is 7.87. The van der Waals surface area contributed by atoms with E-state index in [9.17, 15) is 23.3 Å². The highest BCUT2D eigenvalue weighted by Crippen LogP contribution is 2.24. The second-order valence-electron chi connectivity index (χ2n) is 8.92. The summed E-state index contributed by atoms with van der Waals surface area (Å²) in [6.45, 7) is 1.78. The number of nitro benzene ring substituents is 1. The van der Waals surface area contributed by atoms with Crippen molar-refractivity contribution >= 4 is 33.5 Å². The molecule has 1 amide bonds. The molecule has 0 saturated heterocycles. The summed E-state index contributed by atoms with van der Waals surface area (Å²) in [6, 6.07) is 28.0. The number of carbonyl (C=O) groups is 1. The minimum atomic E-state index is -4.01. The van der Waals surface area contributed by atoms with Crippen molar-refractivity contribution in [3.63, 3.8) is 0 Å². The number of anilines is 1. The third-order valence-electron chi connectivity index (χ3n) is 6.09. The number of aryl methyl sites for hydroxylation is 1. The highest BCUT2D eigenvalue weighted by atomic mass is 32.2. The smallest absolute Gasteiger partial charge is 0.269 e. The van der Waals surface area contributed by atoms with Crippen LogP contribution in [0, 0.1) is 10.1 Å². The van der Waals surface area contributed by atoms with Crippen LogP contribution in [0.4, 0.5) is 11.4 Å². The first-order valence-electron chi connectivity index (χ1n) is 12.7. The first kappa shape index (κ1) is 29.0. The van der Waals surface area contributed by atoms with E-state index in [2.05, 4.69) is 10.5 Å². The van der Waals surface area contributed by atoms with E-state index >= 15 is 0 Å². The number of nitrogens with one attached hydrogen (secondary N) is 1. The highest BCUT2D eigenvalue weighted by molar-refractivity contribution is 7.92. The molecule has 210 valence electrons. The van der Waals surface area contributed by atoms with Crippen LogP contribution in [0.25, 0.3) is 0 Å². The van der Waals surface area contributed by atoms with Crippen molar-refractivity contribution < 1.29 is 22.9 Å². The van der Waals surface area contributed by atoms with Crippen LogP contribution in [0.3, 0.4) is 0 Å². The zero-order chi connectivity index (χ0) is 29.2. The number of nitro groups is 1. The van der Waals surface area contributed by atoms with Crippen LogP contribution in [0.5, 0.6) is 5.75 Å². The van der Waals surface area contributed by atoms with E-state index < -0.39 is 27.4 Å². The molecule has 10 nitrogen and oxygen atoms in total. The summed E-state index contributed by atoms with van der Waals surface area (Å²) in [7, 11) is -4.01. The monoisotopic (exact) mass is 572 g/mol. The molecule has 4 aromatic rings. The average Bonchev–Trinajstić information content (AvgIpc) is 3.00. The number of benzene rings is 4. The molecule has 0 fully saturated rings. The first-order valence-corrected chi connectivity index (χ1v) is 14.1. The molecule has 0 aliphatic heterocycles. The van der Waals surface area contributed by atoms with Crippen LogP contribution in [0.15, 0.2) is 113 Å². The largest absolute Gasteiger partial charge is 0.489 e. The van der Waals surface area contributed by atoms with Gasteiger partial charge < -0.3 is 4.74 Å². The van der Waals surface area contributed by atoms with Gasteiger partial charge in [-0.3, -0.25) is 19.2 Å². The fourth-order valence-electron chi connectivity index (χ4n) is 3.81. The van der Waals surface area contributed by atoms with Crippen LogP contribution in [-0.2, 0) is 27.8 Å². The van der Waals surface area contributed by atoms with Gasteiger partial charge in [-0.1, -0.05) is 37.3 Å². The maximum absolute atomic E-state index is 13.4. The van der Waals surface area contributed by atoms with Gasteiger partial charge >= 0.3 is 0 Å². The van der Waals surface area contributed by atoms with E-state index in [0.717, 1.165) is 21.9 Å². The Hall–Kier alpha value is -5.03. The number of non-ortho nitro benzene ring substituents is 1. The summed E-state index contributed by atoms with van der Waals surface area (Å²) in [4.78, 5) is 23.1. The van der Waals surface area contributed by atoms with E-state index in [1.165, 1.54) is 30.5 Å². The predicted molar refractivity (Wildman–Crippen MR) is 156 cm³/mol. The Bertz CT molecular complexity index is 1610. The van der Waals surface area contributed by atoms with Gasteiger partial charge in [0.1, 0.15) is 18.9 Å². The van der Waals surface area contributed by atoms with Gasteiger partial charge in [0.25, 0.3) is 21.6 Å². The second kappa shape index (κ2) is 13.4. The molecule has 0 saturated carbocycles. The third kappa shape index (κ3) is 7.76. The topological polar surface area (TPSA) is 131 Å². The molecule has 41 heavy (non-hydrogen) atoms. The summed E-state index contributed by atoms with van der Waals surface area (Å²) < 4.78 is 33.6. The zero-order valence-corrected chi connectivity index (χ0v) is 23.0. The standard InChI is InChI=1S/C30H28N4O6S/c1-2-23-8-14-26(15-9-23)33(41(38,39)29-6-4-3-5-7-29)21-30(35)32-31-20-24-12-18-28(19-13-24)40-22-25-10-16-27(17-11-25)34(36)37/h3-20H,2,21-22H2,1H3,(H,32,35)/b31-20-. The molecule has 0 spiro atoms. The maximum atomic E-state index is 13.4. The van der Waals surface area contributed by atoms with Crippen LogP contribution in [-0.4, -0.2) is 32.0 Å². The molecule has 4 aromatic carbocycles. The molecule has 0 unspecified atom stereocenters. The van der Waals surface area contributed by atoms with E-state index in [1.54, 1.807) is 66.7 Å². The normalized spacial score (nSPS) is 11.2. The molecule has 0 heterocycles. The number of ether oxygens (including phenoxy) is 1. The van der Waals surface area contributed by atoms with Crippen molar-refractivity contribution in [3.8, 4) is 5.75 Å². The molecule has 0 aromatic heterocycles. The minimum Gasteiger partial charge on any atom is -0.489 e. The van der Waals surface area contributed by atoms with Gasteiger partial charge in [0.2, 0.25) is 0 Å². The molecule has 11 heteroatoms. The summed E-state index contributed by atoms with van der Waals surface area (Å²) in [5.74, 6) is -0.0243. The Morgan fingerprint density at radius 1 is 0.927 bits per heavy atom. The number of hydrogen-bond acceptors (Lipinski definition) is 7. The lowest BCUT2D eigenvalue weighted by molar-refractivity contribution is -0.384. The molecule has 0 aliphatic carbocycles. The number of carbonyl (C=O) groups excluding carboxylic acids is 1. The molecule has 0 radical (unpaired) electrons. The first-order chi connectivity index (χ1) is 19.8. The Balaban J connectivity index is 1.37. The van der Waals surface area contributed by atoms with Gasteiger partial charge in [-0.2, -0.15) is 5.10 Å². The number of hydrazone groups is 1. The Morgan fingerprint density at radius 2 is 1.56 bits per heavy atom. The van der Waals surface area contributed by atoms with E-state index in [-0.39, 0.29) is 17.2 Å². The predicted octanol–water partition coefficient (Wildman–Crippen LogP) is 5.08. The van der Waals surface area contributed by atoms with Crippen molar-refractivity contribution in [3.05, 3.63) is 130 Å². The van der Waals surface area contributed by atoms with Crippen molar-refractivity contribution in [2.75, 3.05) is 10.8 Å². The number of rotatable bonds is 12. The lowest BCUT2D eigenvalue weighted by atomic mass is 10.1. The number of amides is 1. The summed E-state index contributed by atoms with van der Waals surface area (Å²) in [5.41, 5.74) is 5.29. The number of hydrogen-bond donors (Lipinski definition) is 1. The molecule has 4 rings (SSSR count). The van der Waals surface area contributed by atoms with Crippen molar-refractivity contribution in [2.45, 2.75) is 24.8 Å². The van der Waals surface area contributed by atoms with Crippen LogP contribution >= 0.6 is 0 Å². The van der Waals surface area contributed by atoms with E-state index in [1.807, 2.05) is 19.1 Å².